The summed E-state index contributed by atoms with van der Waals surface area (Å²) in [7, 11) is 0. The van der Waals surface area contributed by atoms with Crippen molar-refractivity contribution in [2.24, 2.45) is 0 Å². The normalized spacial score (nSPS) is 17.9. The molecule has 1 aliphatic rings. The quantitative estimate of drug-likeness (QED) is 0.874. The van der Waals surface area contributed by atoms with Gasteiger partial charge in [0, 0.05) is 29.1 Å². The molecule has 1 atom stereocenters. The van der Waals surface area contributed by atoms with Crippen LogP contribution in [0.15, 0.2) is 41.1 Å². The minimum atomic E-state index is 0.469. The zero-order chi connectivity index (χ0) is 10.8. The lowest BCUT2D eigenvalue weighted by Gasteiger charge is -2.10. The van der Waals surface area contributed by atoms with Gasteiger partial charge in [0.2, 0.25) is 0 Å². The summed E-state index contributed by atoms with van der Waals surface area (Å²) in [6.45, 7) is 1.73. The van der Waals surface area contributed by atoms with Gasteiger partial charge in [0.15, 0.2) is 0 Å². The van der Waals surface area contributed by atoms with E-state index in [1.165, 1.54) is 11.3 Å². The van der Waals surface area contributed by atoms with Gasteiger partial charge in [-0.25, -0.2) is 0 Å². The van der Waals surface area contributed by atoms with Gasteiger partial charge in [0.25, 0.3) is 0 Å². The Kier molecular flexibility index (Phi) is 2.54. The zero-order valence-corrected chi connectivity index (χ0v) is 9.67. The lowest BCUT2D eigenvalue weighted by molar-refractivity contribution is 0.334. The standard InChI is InChI=1S/C13H13NOS/c1-2-4-13-12(3-1)10(8-15-13)7-14-11-5-6-16-9-11/h1-6,9-10,14H,7-8H2. The van der Waals surface area contributed by atoms with Gasteiger partial charge in [-0.05, 0) is 17.5 Å². The van der Waals surface area contributed by atoms with Gasteiger partial charge in [-0.15, -0.1) is 0 Å². The van der Waals surface area contributed by atoms with Crippen LogP contribution in [-0.2, 0) is 0 Å². The molecule has 16 heavy (non-hydrogen) atoms. The van der Waals surface area contributed by atoms with E-state index in [0.29, 0.717) is 5.92 Å². The van der Waals surface area contributed by atoms with E-state index in [1.807, 2.05) is 12.1 Å². The van der Waals surface area contributed by atoms with Gasteiger partial charge < -0.3 is 10.1 Å². The van der Waals surface area contributed by atoms with Gasteiger partial charge >= 0.3 is 0 Å². The third-order valence-corrected chi connectivity index (χ3v) is 3.56. The average Bonchev–Trinajstić information content (AvgIpc) is 2.96. The van der Waals surface area contributed by atoms with Crippen LogP contribution in [0.2, 0.25) is 0 Å². The molecule has 0 bridgehead atoms. The van der Waals surface area contributed by atoms with Gasteiger partial charge in [-0.2, -0.15) is 11.3 Å². The second kappa shape index (κ2) is 4.18. The molecule has 2 heterocycles. The molecule has 2 aromatic rings. The number of benzene rings is 1. The number of nitrogens with one attached hydrogen (secondary N) is 1. The molecule has 0 amide bonds. The van der Waals surface area contributed by atoms with Crippen LogP contribution in [0.25, 0.3) is 0 Å². The zero-order valence-electron chi connectivity index (χ0n) is 8.85. The topological polar surface area (TPSA) is 21.3 Å². The van der Waals surface area contributed by atoms with Crippen molar-refractivity contribution in [1.29, 1.82) is 0 Å². The molecular formula is C13H13NOS. The first-order valence-corrected chi connectivity index (χ1v) is 6.35. The smallest absolute Gasteiger partial charge is 0.122 e. The maximum Gasteiger partial charge on any atom is 0.122 e. The number of hydrogen-bond acceptors (Lipinski definition) is 3. The minimum Gasteiger partial charge on any atom is -0.493 e. The molecule has 0 saturated heterocycles. The molecular weight excluding hydrogens is 218 g/mol. The summed E-state index contributed by atoms with van der Waals surface area (Å²) in [6, 6.07) is 10.4. The Morgan fingerprint density at radius 1 is 1.31 bits per heavy atom. The van der Waals surface area contributed by atoms with E-state index in [2.05, 4.69) is 34.3 Å². The Morgan fingerprint density at radius 2 is 2.25 bits per heavy atom. The van der Waals surface area contributed by atoms with Crippen LogP contribution in [-0.4, -0.2) is 13.2 Å². The number of hydrogen-bond donors (Lipinski definition) is 1. The van der Waals surface area contributed by atoms with Crippen molar-refractivity contribution >= 4 is 17.0 Å². The van der Waals surface area contributed by atoms with Crippen molar-refractivity contribution in [3.8, 4) is 5.75 Å². The fourth-order valence-corrected chi connectivity index (χ4v) is 2.62. The number of para-hydroxylation sites is 1. The first-order valence-electron chi connectivity index (χ1n) is 5.41. The summed E-state index contributed by atoms with van der Waals surface area (Å²) in [4.78, 5) is 0. The molecule has 3 rings (SSSR count). The Hall–Kier alpha value is -1.48. The van der Waals surface area contributed by atoms with E-state index >= 15 is 0 Å². The molecule has 0 radical (unpaired) electrons. The highest BCUT2D eigenvalue weighted by molar-refractivity contribution is 7.08. The molecule has 1 aromatic carbocycles. The molecule has 1 aromatic heterocycles. The predicted octanol–water partition coefficient (Wildman–Crippen LogP) is 3.34. The number of rotatable bonds is 3. The second-order valence-corrected chi connectivity index (χ2v) is 4.72. The molecule has 0 spiro atoms. The lowest BCUT2D eigenvalue weighted by atomic mass is 10.0. The summed E-state index contributed by atoms with van der Waals surface area (Å²) in [5, 5.41) is 7.65. The molecule has 0 aliphatic carbocycles. The maximum absolute atomic E-state index is 5.64. The average molecular weight is 231 g/mol. The Balaban J connectivity index is 1.69. The van der Waals surface area contributed by atoms with E-state index in [4.69, 9.17) is 4.74 Å². The van der Waals surface area contributed by atoms with E-state index in [9.17, 15) is 0 Å². The summed E-state index contributed by atoms with van der Waals surface area (Å²) < 4.78 is 5.64. The monoisotopic (exact) mass is 231 g/mol. The summed E-state index contributed by atoms with van der Waals surface area (Å²) in [5.74, 6) is 1.51. The second-order valence-electron chi connectivity index (χ2n) is 3.94. The summed E-state index contributed by atoms with van der Waals surface area (Å²) in [5.41, 5.74) is 2.53. The third-order valence-electron chi connectivity index (χ3n) is 2.87. The summed E-state index contributed by atoms with van der Waals surface area (Å²) >= 11 is 1.71. The molecule has 82 valence electrons. The highest BCUT2D eigenvalue weighted by atomic mass is 32.1. The van der Waals surface area contributed by atoms with Crippen LogP contribution in [0.5, 0.6) is 5.75 Å². The van der Waals surface area contributed by atoms with Crippen LogP contribution >= 0.6 is 11.3 Å². The molecule has 0 saturated carbocycles. The van der Waals surface area contributed by atoms with Crippen LogP contribution in [0.1, 0.15) is 11.5 Å². The van der Waals surface area contributed by atoms with Crippen LogP contribution in [0.3, 0.4) is 0 Å². The van der Waals surface area contributed by atoms with Crippen LogP contribution in [0.4, 0.5) is 5.69 Å². The first-order chi connectivity index (χ1) is 7.93. The largest absolute Gasteiger partial charge is 0.493 e. The van der Waals surface area contributed by atoms with Crippen LogP contribution < -0.4 is 10.1 Å². The van der Waals surface area contributed by atoms with E-state index < -0.39 is 0 Å². The SMILES string of the molecule is c1ccc2c(c1)OCC2CNc1ccsc1. The highest BCUT2D eigenvalue weighted by Gasteiger charge is 2.22. The van der Waals surface area contributed by atoms with Crippen molar-refractivity contribution in [2.75, 3.05) is 18.5 Å². The number of anilines is 1. The van der Waals surface area contributed by atoms with Crippen molar-refractivity contribution in [1.82, 2.24) is 0 Å². The molecule has 2 nitrogen and oxygen atoms in total. The van der Waals surface area contributed by atoms with E-state index in [-0.39, 0.29) is 0 Å². The first kappa shape index (κ1) is 9.73. The Morgan fingerprint density at radius 3 is 3.12 bits per heavy atom. The van der Waals surface area contributed by atoms with Crippen LogP contribution in [0, 0.1) is 0 Å². The molecule has 1 unspecified atom stereocenters. The van der Waals surface area contributed by atoms with Crippen molar-refractivity contribution in [3.63, 3.8) is 0 Å². The van der Waals surface area contributed by atoms with Gasteiger partial charge in [-0.3, -0.25) is 0 Å². The highest BCUT2D eigenvalue weighted by Crippen LogP contribution is 2.33. The van der Waals surface area contributed by atoms with Gasteiger partial charge in [0.1, 0.15) is 5.75 Å². The fraction of sp³-hybridized carbons (Fsp3) is 0.231. The maximum atomic E-state index is 5.64. The van der Waals surface area contributed by atoms with E-state index in [0.717, 1.165) is 18.9 Å². The molecule has 1 N–H and O–H groups in total. The van der Waals surface area contributed by atoms with Gasteiger partial charge in [0.05, 0.1) is 6.61 Å². The Labute approximate surface area is 98.9 Å². The molecule has 1 aliphatic heterocycles. The lowest BCUT2D eigenvalue weighted by Crippen LogP contribution is -2.13. The number of fused-ring (bicyclic) bond motifs is 1. The minimum absolute atomic E-state index is 0.469. The molecule has 3 heteroatoms. The number of thiophene rings is 1. The van der Waals surface area contributed by atoms with Crippen molar-refractivity contribution < 1.29 is 4.74 Å². The van der Waals surface area contributed by atoms with Crippen molar-refractivity contribution in [3.05, 3.63) is 46.7 Å². The van der Waals surface area contributed by atoms with E-state index in [1.54, 1.807) is 11.3 Å². The fourth-order valence-electron chi connectivity index (χ4n) is 2.00. The Bertz CT molecular complexity index is 467. The predicted molar refractivity (Wildman–Crippen MR) is 67.5 cm³/mol. The summed E-state index contributed by atoms with van der Waals surface area (Å²) in [6.07, 6.45) is 0. The molecule has 0 fully saturated rings. The van der Waals surface area contributed by atoms with Crippen molar-refractivity contribution in [2.45, 2.75) is 5.92 Å². The number of ether oxygens (including phenoxy) is 1. The van der Waals surface area contributed by atoms with Gasteiger partial charge in [-0.1, -0.05) is 18.2 Å². The third kappa shape index (κ3) is 1.78.